The van der Waals surface area contributed by atoms with E-state index >= 15 is 0 Å². The Bertz CT molecular complexity index is 731. The molecule has 0 bridgehead atoms. The van der Waals surface area contributed by atoms with Crippen molar-refractivity contribution in [1.29, 1.82) is 0 Å². The maximum Gasteiger partial charge on any atom is 0.209 e. The zero-order valence-electron chi connectivity index (χ0n) is 10.5. The maximum atomic E-state index is 6.34. The average Bonchev–Trinajstić information content (AvgIpc) is 3.06. The zero-order chi connectivity index (χ0) is 14.1. The molecule has 102 valence electrons. The van der Waals surface area contributed by atoms with E-state index in [1.54, 1.807) is 23.0 Å². The highest BCUT2D eigenvalue weighted by atomic mass is 35.5. The summed E-state index contributed by atoms with van der Waals surface area (Å²) < 4.78 is 1.60. The number of benzene rings is 1. The quantitative estimate of drug-likeness (QED) is 0.746. The van der Waals surface area contributed by atoms with E-state index in [0.29, 0.717) is 28.1 Å². The van der Waals surface area contributed by atoms with Crippen molar-refractivity contribution in [3.63, 3.8) is 0 Å². The molecule has 0 unspecified atom stereocenters. The SMILES string of the molecule is CCn1nnc(-c2cnn(-c3ccc(Cl)cc3)c2Cl)n1. The van der Waals surface area contributed by atoms with Gasteiger partial charge in [-0.25, -0.2) is 4.68 Å². The molecular formula is C12H10Cl2N6. The van der Waals surface area contributed by atoms with Gasteiger partial charge in [0.1, 0.15) is 5.15 Å². The number of aryl methyl sites for hydroxylation is 1. The lowest BCUT2D eigenvalue weighted by Crippen LogP contribution is -1.98. The molecule has 8 heteroatoms. The van der Waals surface area contributed by atoms with E-state index in [1.807, 2.05) is 19.1 Å². The Morgan fingerprint density at radius 2 is 1.90 bits per heavy atom. The molecule has 0 N–H and O–H groups in total. The third kappa shape index (κ3) is 2.28. The summed E-state index contributed by atoms with van der Waals surface area (Å²) >= 11 is 12.2. The van der Waals surface area contributed by atoms with Gasteiger partial charge in [0.05, 0.1) is 24.0 Å². The fraction of sp³-hybridized carbons (Fsp3) is 0.167. The van der Waals surface area contributed by atoms with Gasteiger partial charge in [-0.2, -0.15) is 9.90 Å². The summed E-state index contributed by atoms with van der Waals surface area (Å²) in [5, 5.41) is 17.4. The molecule has 0 atom stereocenters. The predicted molar refractivity (Wildman–Crippen MR) is 76.1 cm³/mol. The topological polar surface area (TPSA) is 61.4 Å². The molecule has 0 saturated heterocycles. The standard InChI is InChI=1S/C12H10Cl2N6/c1-2-19-17-12(16-18-19)10-7-15-20(11(10)14)9-5-3-8(13)4-6-9/h3-7H,2H2,1H3. The van der Waals surface area contributed by atoms with Crippen LogP contribution in [0.3, 0.4) is 0 Å². The Morgan fingerprint density at radius 1 is 1.15 bits per heavy atom. The second kappa shape index (κ2) is 5.22. The Hall–Kier alpha value is -1.92. The van der Waals surface area contributed by atoms with Gasteiger partial charge in [0, 0.05) is 5.02 Å². The molecule has 0 aliphatic rings. The Balaban J connectivity index is 2.02. The summed E-state index contributed by atoms with van der Waals surface area (Å²) in [7, 11) is 0. The van der Waals surface area contributed by atoms with Gasteiger partial charge in [-0.15, -0.1) is 10.2 Å². The largest absolute Gasteiger partial charge is 0.221 e. The average molecular weight is 309 g/mol. The molecule has 1 aromatic carbocycles. The van der Waals surface area contributed by atoms with E-state index in [-0.39, 0.29) is 0 Å². The molecule has 3 aromatic rings. The highest BCUT2D eigenvalue weighted by Gasteiger charge is 2.16. The van der Waals surface area contributed by atoms with Crippen LogP contribution in [-0.2, 0) is 6.54 Å². The van der Waals surface area contributed by atoms with E-state index in [4.69, 9.17) is 23.2 Å². The molecule has 0 aliphatic heterocycles. The van der Waals surface area contributed by atoms with Crippen LogP contribution in [0.4, 0.5) is 0 Å². The van der Waals surface area contributed by atoms with E-state index in [0.717, 1.165) is 5.69 Å². The van der Waals surface area contributed by atoms with Gasteiger partial charge in [0.25, 0.3) is 0 Å². The van der Waals surface area contributed by atoms with Crippen molar-refractivity contribution in [2.75, 3.05) is 0 Å². The summed E-state index contributed by atoms with van der Waals surface area (Å²) in [6.45, 7) is 2.58. The van der Waals surface area contributed by atoms with Crippen molar-refractivity contribution in [2.24, 2.45) is 0 Å². The van der Waals surface area contributed by atoms with Crippen LogP contribution < -0.4 is 0 Å². The number of nitrogens with zero attached hydrogens (tertiary/aromatic N) is 6. The fourth-order valence-electron chi connectivity index (χ4n) is 1.73. The third-order valence-corrected chi connectivity index (χ3v) is 3.37. The minimum absolute atomic E-state index is 0.433. The summed E-state index contributed by atoms with van der Waals surface area (Å²) in [5.41, 5.74) is 1.45. The highest BCUT2D eigenvalue weighted by molar-refractivity contribution is 6.32. The lowest BCUT2D eigenvalue weighted by molar-refractivity contribution is 0.553. The van der Waals surface area contributed by atoms with Crippen LogP contribution in [0.5, 0.6) is 0 Å². The Kier molecular flexibility index (Phi) is 3.42. The molecule has 0 spiro atoms. The van der Waals surface area contributed by atoms with Crippen LogP contribution in [0.25, 0.3) is 17.1 Å². The summed E-state index contributed by atoms with van der Waals surface area (Å²) in [4.78, 5) is 1.49. The van der Waals surface area contributed by atoms with Crippen LogP contribution in [0.2, 0.25) is 10.2 Å². The van der Waals surface area contributed by atoms with Gasteiger partial charge >= 0.3 is 0 Å². The molecule has 0 amide bonds. The predicted octanol–water partition coefficient (Wildman–Crippen LogP) is 2.85. The molecule has 3 rings (SSSR count). The van der Waals surface area contributed by atoms with Crippen LogP contribution in [-0.4, -0.2) is 30.0 Å². The van der Waals surface area contributed by atoms with Crippen molar-refractivity contribution in [3.05, 3.63) is 40.6 Å². The second-order valence-electron chi connectivity index (χ2n) is 4.04. The lowest BCUT2D eigenvalue weighted by atomic mass is 10.3. The molecule has 0 saturated carbocycles. The van der Waals surface area contributed by atoms with Crippen LogP contribution in [0.1, 0.15) is 6.92 Å². The Morgan fingerprint density at radius 3 is 2.55 bits per heavy atom. The van der Waals surface area contributed by atoms with Crippen molar-refractivity contribution < 1.29 is 0 Å². The maximum absolute atomic E-state index is 6.34. The van der Waals surface area contributed by atoms with E-state index in [1.165, 1.54) is 4.80 Å². The monoisotopic (exact) mass is 308 g/mol. The zero-order valence-corrected chi connectivity index (χ0v) is 12.0. The summed E-state index contributed by atoms with van der Waals surface area (Å²) in [5.74, 6) is 0.456. The van der Waals surface area contributed by atoms with Crippen LogP contribution in [0.15, 0.2) is 30.5 Å². The molecule has 2 aromatic heterocycles. The van der Waals surface area contributed by atoms with Crippen molar-refractivity contribution in [3.8, 4) is 17.1 Å². The van der Waals surface area contributed by atoms with Crippen LogP contribution >= 0.6 is 23.2 Å². The third-order valence-electron chi connectivity index (χ3n) is 2.76. The number of halogens is 2. The molecule has 0 fully saturated rings. The number of tetrazole rings is 1. The van der Waals surface area contributed by atoms with Crippen molar-refractivity contribution in [2.45, 2.75) is 13.5 Å². The number of hydrogen-bond donors (Lipinski definition) is 0. The molecule has 2 heterocycles. The van der Waals surface area contributed by atoms with Gasteiger partial charge in [0.2, 0.25) is 5.82 Å². The second-order valence-corrected chi connectivity index (χ2v) is 4.83. The van der Waals surface area contributed by atoms with E-state index in [2.05, 4.69) is 20.5 Å². The number of hydrogen-bond acceptors (Lipinski definition) is 4. The first-order valence-electron chi connectivity index (χ1n) is 5.96. The molecule has 20 heavy (non-hydrogen) atoms. The number of aromatic nitrogens is 6. The van der Waals surface area contributed by atoms with Crippen molar-refractivity contribution >= 4 is 23.2 Å². The molecule has 6 nitrogen and oxygen atoms in total. The molecule has 0 aliphatic carbocycles. The van der Waals surface area contributed by atoms with Gasteiger partial charge in [0.15, 0.2) is 0 Å². The minimum Gasteiger partial charge on any atom is -0.221 e. The summed E-state index contributed by atoms with van der Waals surface area (Å²) in [6.07, 6.45) is 1.62. The smallest absolute Gasteiger partial charge is 0.209 e. The van der Waals surface area contributed by atoms with E-state index < -0.39 is 0 Å². The van der Waals surface area contributed by atoms with Gasteiger partial charge < -0.3 is 0 Å². The van der Waals surface area contributed by atoms with Gasteiger partial charge in [-0.3, -0.25) is 0 Å². The molecule has 0 radical (unpaired) electrons. The lowest BCUT2D eigenvalue weighted by Gasteiger charge is -2.02. The molecular weight excluding hydrogens is 299 g/mol. The highest BCUT2D eigenvalue weighted by Crippen LogP contribution is 2.27. The van der Waals surface area contributed by atoms with E-state index in [9.17, 15) is 0 Å². The first-order valence-corrected chi connectivity index (χ1v) is 6.72. The first kappa shape index (κ1) is 13.1. The Labute approximate surface area is 124 Å². The minimum atomic E-state index is 0.433. The first-order chi connectivity index (χ1) is 9.69. The fourth-order valence-corrected chi connectivity index (χ4v) is 2.13. The summed E-state index contributed by atoms with van der Waals surface area (Å²) in [6, 6.07) is 7.23. The normalized spacial score (nSPS) is 10.9. The van der Waals surface area contributed by atoms with Crippen molar-refractivity contribution in [1.82, 2.24) is 30.0 Å². The number of rotatable bonds is 3. The van der Waals surface area contributed by atoms with Gasteiger partial charge in [-0.1, -0.05) is 23.2 Å². The van der Waals surface area contributed by atoms with Crippen LogP contribution in [0, 0.1) is 0 Å². The van der Waals surface area contributed by atoms with Gasteiger partial charge in [-0.05, 0) is 36.4 Å².